The maximum atomic E-state index is 12.8. The minimum Gasteiger partial charge on any atom is -0.493 e. The Hall–Kier alpha value is -4.01. The summed E-state index contributed by atoms with van der Waals surface area (Å²) in [6, 6.07) is 18.7. The molecule has 3 aromatic carbocycles. The number of nitrogens with one attached hydrogen (secondary N) is 1. The number of allylic oxidation sites excluding steroid dienone is 1. The van der Waals surface area contributed by atoms with Crippen LogP contribution in [-0.4, -0.2) is 13.0 Å². The van der Waals surface area contributed by atoms with Crippen LogP contribution in [0.2, 0.25) is 5.02 Å². The molecule has 3 rings (SSSR count). The molecule has 1 N–H and O–H groups in total. The van der Waals surface area contributed by atoms with Gasteiger partial charge in [-0.25, -0.2) is 0 Å². The first-order chi connectivity index (χ1) is 16.9. The highest BCUT2D eigenvalue weighted by Crippen LogP contribution is 2.35. The first kappa shape index (κ1) is 25.6. The molecule has 178 valence electrons. The molecule has 0 heterocycles. The van der Waals surface area contributed by atoms with Crippen LogP contribution in [0.4, 0.5) is 5.69 Å². The van der Waals surface area contributed by atoms with Crippen LogP contribution in [0, 0.1) is 25.2 Å². The van der Waals surface area contributed by atoms with E-state index in [1.165, 1.54) is 6.08 Å². The number of nitrogens with zero attached hydrogens (tertiary/aromatic N) is 1. The van der Waals surface area contributed by atoms with Gasteiger partial charge in [-0.2, -0.15) is 5.26 Å². The number of nitriles is 1. The van der Waals surface area contributed by atoms with Crippen LogP contribution < -0.4 is 14.8 Å². The van der Waals surface area contributed by atoms with E-state index in [0.717, 1.165) is 22.3 Å². The second-order valence-corrected chi connectivity index (χ2v) is 8.43. The van der Waals surface area contributed by atoms with Crippen molar-refractivity contribution in [2.45, 2.75) is 26.9 Å². The molecule has 0 aliphatic carbocycles. The fourth-order valence-corrected chi connectivity index (χ4v) is 3.78. The number of carbonyl (C=O) groups excluding carboxylic acids is 1. The van der Waals surface area contributed by atoms with E-state index >= 15 is 0 Å². The fourth-order valence-electron chi connectivity index (χ4n) is 3.56. The second-order valence-electron chi connectivity index (χ2n) is 7.99. The number of ether oxygens (including phenoxy) is 2. The number of aryl methyl sites for hydroxylation is 1. The predicted molar refractivity (Wildman–Crippen MR) is 141 cm³/mol. The van der Waals surface area contributed by atoms with Crippen LogP contribution in [0.25, 0.3) is 6.08 Å². The summed E-state index contributed by atoms with van der Waals surface area (Å²) in [5, 5.41) is 13.1. The number of amides is 1. The molecule has 0 aliphatic heterocycles. The van der Waals surface area contributed by atoms with Crippen molar-refractivity contribution in [3.8, 4) is 17.6 Å². The Kier molecular flexibility index (Phi) is 8.72. The first-order valence-corrected chi connectivity index (χ1v) is 11.4. The summed E-state index contributed by atoms with van der Waals surface area (Å²) in [5.41, 5.74) is 5.03. The molecule has 6 heteroatoms. The number of anilines is 1. The Morgan fingerprint density at radius 3 is 2.63 bits per heavy atom. The Labute approximate surface area is 211 Å². The zero-order chi connectivity index (χ0) is 25.4. The lowest BCUT2D eigenvalue weighted by atomic mass is 10.0. The van der Waals surface area contributed by atoms with Crippen molar-refractivity contribution in [1.29, 1.82) is 5.26 Å². The normalized spacial score (nSPS) is 10.9. The van der Waals surface area contributed by atoms with Crippen molar-refractivity contribution in [3.63, 3.8) is 0 Å². The van der Waals surface area contributed by atoms with Gasteiger partial charge in [0.05, 0.1) is 7.11 Å². The summed E-state index contributed by atoms with van der Waals surface area (Å²) < 4.78 is 11.7. The summed E-state index contributed by atoms with van der Waals surface area (Å²) in [7, 11) is 1.55. The summed E-state index contributed by atoms with van der Waals surface area (Å²) in [6.07, 6.45) is 3.81. The SMILES string of the molecule is C=CCc1cc(/C=C(\C#N)C(=O)Nc2cccc(C)c2C)cc(OC)c1OCc1cccc(Cl)c1. The van der Waals surface area contributed by atoms with Crippen molar-refractivity contribution in [1.82, 2.24) is 0 Å². The van der Waals surface area contributed by atoms with Crippen LogP contribution in [0.3, 0.4) is 0 Å². The predicted octanol–water partition coefficient (Wildman–Crippen LogP) is 6.82. The van der Waals surface area contributed by atoms with Crippen LogP contribution in [0.1, 0.15) is 27.8 Å². The summed E-state index contributed by atoms with van der Waals surface area (Å²) >= 11 is 6.08. The zero-order valence-corrected chi connectivity index (χ0v) is 20.8. The third-order valence-corrected chi connectivity index (χ3v) is 5.77. The number of hydrogen-bond acceptors (Lipinski definition) is 4. The monoisotopic (exact) mass is 486 g/mol. The van der Waals surface area contributed by atoms with Gasteiger partial charge in [-0.15, -0.1) is 6.58 Å². The highest BCUT2D eigenvalue weighted by Gasteiger charge is 2.16. The molecular formula is C29H27ClN2O3. The van der Waals surface area contributed by atoms with Crippen molar-refractivity contribution in [3.05, 3.63) is 106 Å². The van der Waals surface area contributed by atoms with Crippen molar-refractivity contribution >= 4 is 29.3 Å². The van der Waals surface area contributed by atoms with E-state index in [0.29, 0.717) is 40.8 Å². The van der Waals surface area contributed by atoms with Gasteiger partial charge in [0.2, 0.25) is 0 Å². The highest BCUT2D eigenvalue weighted by molar-refractivity contribution is 6.30. The topological polar surface area (TPSA) is 71.4 Å². The largest absolute Gasteiger partial charge is 0.493 e. The van der Waals surface area contributed by atoms with Crippen LogP contribution in [0.15, 0.2) is 72.8 Å². The zero-order valence-electron chi connectivity index (χ0n) is 20.0. The van der Waals surface area contributed by atoms with Gasteiger partial charge in [-0.3, -0.25) is 4.79 Å². The molecule has 0 unspecified atom stereocenters. The molecule has 0 saturated carbocycles. The van der Waals surface area contributed by atoms with E-state index in [2.05, 4.69) is 11.9 Å². The van der Waals surface area contributed by atoms with Gasteiger partial charge in [0.15, 0.2) is 11.5 Å². The number of hydrogen-bond donors (Lipinski definition) is 1. The molecule has 3 aromatic rings. The minimum atomic E-state index is -0.480. The first-order valence-electron chi connectivity index (χ1n) is 11.0. The molecule has 0 bridgehead atoms. The number of benzene rings is 3. The van der Waals surface area contributed by atoms with Gasteiger partial charge < -0.3 is 14.8 Å². The second kappa shape index (κ2) is 11.9. The van der Waals surface area contributed by atoms with Gasteiger partial charge in [0.25, 0.3) is 5.91 Å². The minimum absolute atomic E-state index is 0.0230. The van der Waals surface area contributed by atoms with Gasteiger partial charge in [0.1, 0.15) is 18.2 Å². The standard InChI is InChI=1S/C29H27ClN2O3/c1-5-8-23-13-22(14-24(17-31)29(33)32-26-12-6-9-19(2)20(26)3)16-27(34-4)28(23)35-18-21-10-7-11-25(30)15-21/h5-7,9-16H,1,8,18H2,2-4H3,(H,32,33)/b24-14+. The average molecular weight is 487 g/mol. The quantitative estimate of drug-likeness (QED) is 0.204. The molecule has 0 radical (unpaired) electrons. The Morgan fingerprint density at radius 2 is 1.94 bits per heavy atom. The lowest BCUT2D eigenvalue weighted by molar-refractivity contribution is -0.112. The van der Waals surface area contributed by atoms with Crippen LogP contribution in [0.5, 0.6) is 11.5 Å². The third-order valence-electron chi connectivity index (χ3n) is 5.54. The number of carbonyl (C=O) groups is 1. The van der Waals surface area contributed by atoms with Gasteiger partial charge in [-0.1, -0.05) is 41.9 Å². The van der Waals surface area contributed by atoms with E-state index < -0.39 is 5.91 Å². The van der Waals surface area contributed by atoms with Crippen LogP contribution in [-0.2, 0) is 17.8 Å². The summed E-state index contributed by atoms with van der Waals surface area (Å²) in [6.45, 7) is 8.03. The summed E-state index contributed by atoms with van der Waals surface area (Å²) in [5.74, 6) is 0.583. The molecule has 35 heavy (non-hydrogen) atoms. The van der Waals surface area contributed by atoms with Crippen molar-refractivity contribution < 1.29 is 14.3 Å². The average Bonchev–Trinajstić information content (AvgIpc) is 2.84. The molecule has 0 atom stereocenters. The van der Waals surface area contributed by atoms with E-state index in [9.17, 15) is 10.1 Å². The highest BCUT2D eigenvalue weighted by atomic mass is 35.5. The van der Waals surface area contributed by atoms with Crippen molar-refractivity contribution in [2.24, 2.45) is 0 Å². The fraction of sp³-hybridized carbons (Fsp3) is 0.172. The molecular weight excluding hydrogens is 460 g/mol. The molecule has 0 aliphatic rings. The van der Waals surface area contributed by atoms with Crippen molar-refractivity contribution in [2.75, 3.05) is 12.4 Å². The van der Waals surface area contributed by atoms with E-state index in [1.54, 1.807) is 25.3 Å². The lowest BCUT2D eigenvalue weighted by Gasteiger charge is -2.16. The van der Waals surface area contributed by atoms with E-state index in [-0.39, 0.29) is 5.57 Å². The molecule has 0 saturated heterocycles. The third kappa shape index (κ3) is 6.53. The maximum Gasteiger partial charge on any atom is 0.266 e. The van der Waals surface area contributed by atoms with Gasteiger partial charge in [-0.05, 0) is 78.9 Å². The summed E-state index contributed by atoms with van der Waals surface area (Å²) in [4.78, 5) is 12.8. The van der Waals surface area contributed by atoms with Gasteiger partial charge >= 0.3 is 0 Å². The maximum absolute atomic E-state index is 12.8. The Bertz CT molecular complexity index is 1320. The van der Waals surface area contributed by atoms with E-state index in [4.69, 9.17) is 21.1 Å². The van der Waals surface area contributed by atoms with Gasteiger partial charge in [0, 0.05) is 16.3 Å². The number of methoxy groups -OCH3 is 1. The molecule has 1 amide bonds. The van der Waals surface area contributed by atoms with Crippen LogP contribution >= 0.6 is 11.6 Å². The molecule has 0 fully saturated rings. The molecule has 0 aromatic heterocycles. The number of halogens is 1. The molecule has 0 spiro atoms. The number of rotatable bonds is 9. The Balaban J connectivity index is 1.92. The Morgan fingerprint density at radius 1 is 1.17 bits per heavy atom. The lowest BCUT2D eigenvalue weighted by Crippen LogP contribution is -2.14. The van der Waals surface area contributed by atoms with E-state index in [1.807, 2.05) is 62.4 Å². The molecule has 5 nitrogen and oxygen atoms in total. The smallest absolute Gasteiger partial charge is 0.266 e.